The fourth-order valence-corrected chi connectivity index (χ4v) is 1.26. The van der Waals surface area contributed by atoms with E-state index in [1.165, 1.54) is 6.33 Å². The van der Waals surface area contributed by atoms with Crippen LogP contribution in [0.2, 0.25) is 0 Å². The molecule has 1 aromatic carbocycles. The molecule has 1 heterocycles. The summed E-state index contributed by atoms with van der Waals surface area (Å²) in [7, 11) is 0. The first-order valence-corrected chi connectivity index (χ1v) is 4.76. The van der Waals surface area contributed by atoms with Gasteiger partial charge in [-0.3, -0.25) is 0 Å². The van der Waals surface area contributed by atoms with Gasteiger partial charge in [-0.2, -0.15) is 0 Å². The number of aliphatic hydroxyl groups excluding tert-OH is 1. The molecule has 0 saturated carbocycles. The van der Waals surface area contributed by atoms with Gasteiger partial charge in [0.2, 0.25) is 0 Å². The highest BCUT2D eigenvalue weighted by Gasteiger charge is 2.00. The van der Waals surface area contributed by atoms with Crippen molar-refractivity contribution in [2.24, 2.45) is 0 Å². The van der Waals surface area contributed by atoms with E-state index in [1.54, 1.807) is 13.1 Å². The Morgan fingerprint density at radius 1 is 1.47 bits per heavy atom. The van der Waals surface area contributed by atoms with Gasteiger partial charge >= 0.3 is 0 Å². The predicted octanol–water partition coefficient (Wildman–Crippen LogP) is 1.39. The number of aliphatic hydroxyl groups is 1. The lowest BCUT2D eigenvalue weighted by atomic mass is 10.2. The second kappa shape index (κ2) is 4.23. The minimum absolute atomic E-state index is 0.288. The maximum atomic E-state index is 9.08. The smallest absolute Gasteiger partial charge is 0.121 e. The number of hydrogen-bond acceptors (Lipinski definition) is 4. The van der Waals surface area contributed by atoms with E-state index < -0.39 is 6.10 Å². The SMILES string of the molecule is CC(O)COc1ccc2cncnc2c1. The fourth-order valence-electron chi connectivity index (χ4n) is 1.26. The Morgan fingerprint density at radius 2 is 2.33 bits per heavy atom. The van der Waals surface area contributed by atoms with Gasteiger partial charge in [0.1, 0.15) is 18.7 Å². The third-order valence-corrected chi connectivity index (χ3v) is 1.97. The van der Waals surface area contributed by atoms with Crippen LogP contribution in [0.5, 0.6) is 5.75 Å². The van der Waals surface area contributed by atoms with E-state index >= 15 is 0 Å². The van der Waals surface area contributed by atoms with Crippen LogP contribution in [0, 0.1) is 0 Å². The zero-order chi connectivity index (χ0) is 10.7. The lowest BCUT2D eigenvalue weighted by Gasteiger charge is -2.08. The summed E-state index contributed by atoms with van der Waals surface area (Å²) in [5.74, 6) is 0.710. The zero-order valence-electron chi connectivity index (χ0n) is 8.42. The third-order valence-electron chi connectivity index (χ3n) is 1.97. The number of hydrogen-bond donors (Lipinski definition) is 1. The van der Waals surface area contributed by atoms with Crippen molar-refractivity contribution in [2.45, 2.75) is 13.0 Å². The minimum Gasteiger partial charge on any atom is -0.491 e. The maximum absolute atomic E-state index is 9.08. The van der Waals surface area contributed by atoms with Crippen molar-refractivity contribution in [3.05, 3.63) is 30.7 Å². The van der Waals surface area contributed by atoms with E-state index in [2.05, 4.69) is 9.97 Å². The van der Waals surface area contributed by atoms with Gasteiger partial charge in [0.25, 0.3) is 0 Å². The molecule has 1 N–H and O–H groups in total. The molecule has 0 aliphatic heterocycles. The van der Waals surface area contributed by atoms with E-state index in [0.29, 0.717) is 5.75 Å². The van der Waals surface area contributed by atoms with Crippen molar-refractivity contribution >= 4 is 10.9 Å². The van der Waals surface area contributed by atoms with Crippen molar-refractivity contribution in [3.8, 4) is 5.75 Å². The number of aromatic nitrogens is 2. The molecule has 0 bridgehead atoms. The Kier molecular flexibility index (Phi) is 2.78. The minimum atomic E-state index is -0.467. The molecule has 1 unspecified atom stereocenters. The topological polar surface area (TPSA) is 55.2 Å². The molecule has 1 aromatic heterocycles. The van der Waals surface area contributed by atoms with Crippen molar-refractivity contribution in [1.29, 1.82) is 0 Å². The van der Waals surface area contributed by atoms with Crippen LogP contribution in [0.4, 0.5) is 0 Å². The third kappa shape index (κ3) is 2.41. The number of nitrogens with zero attached hydrogens (tertiary/aromatic N) is 2. The first kappa shape index (κ1) is 9.86. The van der Waals surface area contributed by atoms with E-state index in [-0.39, 0.29) is 6.61 Å². The largest absolute Gasteiger partial charge is 0.491 e. The average Bonchev–Trinajstić information content (AvgIpc) is 2.26. The molecule has 15 heavy (non-hydrogen) atoms. The van der Waals surface area contributed by atoms with E-state index in [0.717, 1.165) is 10.9 Å². The average molecular weight is 204 g/mol. The maximum Gasteiger partial charge on any atom is 0.121 e. The summed E-state index contributed by atoms with van der Waals surface area (Å²) in [5, 5.41) is 10.1. The van der Waals surface area contributed by atoms with Crippen LogP contribution in [0.25, 0.3) is 10.9 Å². The van der Waals surface area contributed by atoms with Gasteiger partial charge in [0, 0.05) is 17.6 Å². The summed E-state index contributed by atoms with van der Waals surface area (Å²) in [6.07, 6.45) is 2.78. The summed E-state index contributed by atoms with van der Waals surface area (Å²) in [6.45, 7) is 1.97. The molecular weight excluding hydrogens is 192 g/mol. The first-order valence-electron chi connectivity index (χ1n) is 4.76. The molecule has 0 radical (unpaired) electrons. The van der Waals surface area contributed by atoms with Crippen molar-refractivity contribution in [2.75, 3.05) is 6.61 Å². The number of rotatable bonds is 3. The normalized spacial score (nSPS) is 12.7. The standard InChI is InChI=1S/C11H12N2O2/c1-8(14)6-15-10-3-2-9-5-12-7-13-11(9)4-10/h2-5,7-8,14H,6H2,1H3. The highest BCUT2D eigenvalue weighted by molar-refractivity contribution is 5.78. The lowest BCUT2D eigenvalue weighted by Crippen LogP contribution is -2.12. The van der Waals surface area contributed by atoms with Crippen LogP contribution in [-0.4, -0.2) is 27.8 Å². The Hall–Kier alpha value is -1.68. The monoisotopic (exact) mass is 204 g/mol. The Morgan fingerprint density at radius 3 is 3.13 bits per heavy atom. The van der Waals surface area contributed by atoms with Gasteiger partial charge in [-0.15, -0.1) is 0 Å². The lowest BCUT2D eigenvalue weighted by molar-refractivity contribution is 0.123. The number of ether oxygens (including phenoxy) is 1. The van der Waals surface area contributed by atoms with Gasteiger partial charge in [-0.25, -0.2) is 9.97 Å². The number of fused-ring (bicyclic) bond motifs is 1. The molecule has 0 fully saturated rings. The highest BCUT2D eigenvalue weighted by Crippen LogP contribution is 2.17. The molecule has 1 atom stereocenters. The fraction of sp³-hybridized carbons (Fsp3) is 0.273. The van der Waals surface area contributed by atoms with Gasteiger partial charge < -0.3 is 9.84 Å². The van der Waals surface area contributed by atoms with Crippen molar-refractivity contribution in [1.82, 2.24) is 9.97 Å². The molecule has 0 aliphatic rings. The highest BCUT2D eigenvalue weighted by atomic mass is 16.5. The summed E-state index contributed by atoms with van der Waals surface area (Å²) < 4.78 is 5.37. The quantitative estimate of drug-likeness (QED) is 0.820. The molecule has 0 amide bonds. The zero-order valence-corrected chi connectivity index (χ0v) is 8.42. The second-order valence-corrected chi connectivity index (χ2v) is 3.40. The molecule has 0 spiro atoms. The molecule has 0 aliphatic carbocycles. The van der Waals surface area contributed by atoms with Crippen LogP contribution in [0.1, 0.15) is 6.92 Å². The molecular formula is C11H12N2O2. The summed E-state index contributed by atoms with van der Waals surface area (Å²) >= 11 is 0. The van der Waals surface area contributed by atoms with Gasteiger partial charge in [0.05, 0.1) is 11.6 Å². The summed E-state index contributed by atoms with van der Waals surface area (Å²) in [6, 6.07) is 5.57. The van der Waals surface area contributed by atoms with Crippen LogP contribution >= 0.6 is 0 Å². The predicted molar refractivity (Wildman–Crippen MR) is 56.7 cm³/mol. The Bertz CT molecular complexity index is 457. The van der Waals surface area contributed by atoms with Crippen LogP contribution < -0.4 is 4.74 Å². The molecule has 0 saturated heterocycles. The van der Waals surface area contributed by atoms with Crippen LogP contribution in [-0.2, 0) is 0 Å². The van der Waals surface area contributed by atoms with E-state index in [9.17, 15) is 0 Å². The summed E-state index contributed by atoms with van der Waals surface area (Å²) in [4.78, 5) is 8.04. The van der Waals surface area contributed by atoms with E-state index in [4.69, 9.17) is 9.84 Å². The summed E-state index contributed by atoms with van der Waals surface area (Å²) in [5.41, 5.74) is 0.841. The Labute approximate surface area is 87.6 Å². The van der Waals surface area contributed by atoms with E-state index in [1.807, 2.05) is 18.2 Å². The van der Waals surface area contributed by atoms with Gasteiger partial charge in [-0.05, 0) is 19.1 Å². The molecule has 4 nitrogen and oxygen atoms in total. The van der Waals surface area contributed by atoms with Crippen molar-refractivity contribution < 1.29 is 9.84 Å². The van der Waals surface area contributed by atoms with Crippen molar-refractivity contribution in [3.63, 3.8) is 0 Å². The molecule has 78 valence electrons. The molecule has 2 rings (SSSR count). The number of benzene rings is 1. The molecule has 2 aromatic rings. The first-order chi connectivity index (χ1) is 7.25. The Balaban J connectivity index is 2.23. The van der Waals surface area contributed by atoms with Gasteiger partial charge in [-0.1, -0.05) is 0 Å². The van der Waals surface area contributed by atoms with Gasteiger partial charge in [0.15, 0.2) is 0 Å². The van der Waals surface area contributed by atoms with Crippen LogP contribution in [0.3, 0.4) is 0 Å². The second-order valence-electron chi connectivity index (χ2n) is 3.40. The van der Waals surface area contributed by atoms with Crippen LogP contribution in [0.15, 0.2) is 30.7 Å². The molecule has 4 heteroatoms.